The SMILES string of the molecule is O=c1ccc2c(oc3c(-c4ccc(F)c(F)c4)c4c(=O)[nH]n(C5CCCC5)c4[nH]c32)c1O. The number of aromatic hydroxyl groups is 1. The van der Waals surface area contributed by atoms with Crippen molar-refractivity contribution in [3.63, 3.8) is 0 Å². The van der Waals surface area contributed by atoms with Crippen molar-refractivity contribution >= 4 is 33.1 Å². The average molecular weight is 437 g/mol. The lowest BCUT2D eigenvalue weighted by atomic mass is 10.0. The molecule has 0 aliphatic heterocycles. The van der Waals surface area contributed by atoms with E-state index in [9.17, 15) is 23.5 Å². The van der Waals surface area contributed by atoms with Crippen molar-refractivity contribution in [2.45, 2.75) is 31.7 Å². The molecule has 7 nitrogen and oxygen atoms in total. The second-order valence-electron chi connectivity index (χ2n) is 8.20. The molecular weight excluding hydrogens is 420 g/mol. The van der Waals surface area contributed by atoms with E-state index in [0.717, 1.165) is 37.8 Å². The van der Waals surface area contributed by atoms with Crippen LogP contribution in [0.15, 0.2) is 44.3 Å². The molecule has 1 aliphatic carbocycles. The average Bonchev–Trinajstić information content (AvgIpc) is 3.50. The standard InChI is InChI=1S/C23H17F2N3O4/c24-13-7-5-10(9-14(13)25)16-17-22(28(27-23(17)31)11-3-1-2-4-11)26-18-12-6-8-15(29)19(30)20(12)32-21(16)18/h5-9,11,26,30H,1-4H2,(H,27,31). The number of pyridine rings is 1. The van der Waals surface area contributed by atoms with Gasteiger partial charge in [-0.25, -0.2) is 8.78 Å². The van der Waals surface area contributed by atoms with Gasteiger partial charge in [0.1, 0.15) is 5.65 Å². The number of aromatic nitrogens is 3. The molecular formula is C23H17F2N3O4. The first kappa shape index (κ1) is 18.9. The Morgan fingerprint density at radius 2 is 1.81 bits per heavy atom. The van der Waals surface area contributed by atoms with Gasteiger partial charge in [-0.3, -0.25) is 19.4 Å². The van der Waals surface area contributed by atoms with Crippen molar-refractivity contribution in [2.75, 3.05) is 0 Å². The van der Waals surface area contributed by atoms with Gasteiger partial charge in [-0.1, -0.05) is 18.9 Å². The van der Waals surface area contributed by atoms with Crippen LogP contribution in [0.2, 0.25) is 0 Å². The molecule has 0 spiro atoms. The number of phenols is 1. The molecule has 0 saturated heterocycles. The van der Waals surface area contributed by atoms with Crippen LogP contribution < -0.4 is 11.0 Å². The molecule has 0 unspecified atom stereocenters. The number of aromatic amines is 2. The zero-order valence-electron chi connectivity index (χ0n) is 16.7. The Morgan fingerprint density at radius 3 is 2.56 bits per heavy atom. The fourth-order valence-electron chi connectivity index (χ4n) is 4.83. The van der Waals surface area contributed by atoms with Gasteiger partial charge in [-0.15, -0.1) is 0 Å². The van der Waals surface area contributed by atoms with Crippen molar-refractivity contribution < 1.29 is 18.3 Å². The Hall–Kier alpha value is -3.88. The predicted molar refractivity (Wildman–Crippen MR) is 115 cm³/mol. The van der Waals surface area contributed by atoms with Crippen LogP contribution in [0.4, 0.5) is 8.78 Å². The maximum absolute atomic E-state index is 14.2. The van der Waals surface area contributed by atoms with Crippen LogP contribution in [0.5, 0.6) is 5.75 Å². The smallest absolute Gasteiger partial charge is 0.274 e. The first-order valence-corrected chi connectivity index (χ1v) is 10.3. The number of halogens is 2. The van der Waals surface area contributed by atoms with E-state index >= 15 is 0 Å². The second-order valence-corrected chi connectivity index (χ2v) is 8.20. The first-order chi connectivity index (χ1) is 15.4. The summed E-state index contributed by atoms with van der Waals surface area (Å²) in [6, 6.07) is 6.19. The first-order valence-electron chi connectivity index (χ1n) is 10.3. The fraction of sp³-hybridized carbons (Fsp3) is 0.217. The minimum Gasteiger partial charge on any atom is -0.502 e. The van der Waals surface area contributed by atoms with Crippen molar-refractivity contribution in [1.82, 2.24) is 14.8 Å². The number of hydrogen-bond donors (Lipinski definition) is 3. The summed E-state index contributed by atoms with van der Waals surface area (Å²) in [6.45, 7) is 0. The largest absolute Gasteiger partial charge is 0.502 e. The summed E-state index contributed by atoms with van der Waals surface area (Å²) >= 11 is 0. The summed E-state index contributed by atoms with van der Waals surface area (Å²) < 4.78 is 35.4. The molecule has 1 fully saturated rings. The van der Waals surface area contributed by atoms with E-state index in [1.807, 2.05) is 0 Å². The van der Waals surface area contributed by atoms with Gasteiger partial charge >= 0.3 is 0 Å². The highest BCUT2D eigenvalue weighted by Crippen LogP contribution is 2.41. The summed E-state index contributed by atoms with van der Waals surface area (Å²) in [6.07, 6.45) is 3.88. The van der Waals surface area contributed by atoms with Gasteiger partial charge in [0, 0.05) is 10.9 Å². The molecule has 6 rings (SSSR count). The van der Waals surface area contributed by atoms with Gasteiger partial charge in [-0.05, 0) is 42.7 Å². The molecule has 0 amide bonds. The van der Waals surface area contributed by atoms with Crippen molar-refractivity contribution in [3.8, 4) is 16.9 Å². The second kappa shape index (κ2) is 6.56. The van der Waals surface area contributed by atoms with Gasteiger partial charge < -0.3 is 14.5 Å². The molecule has 1 aliphatic rings. The number of nitrogens with zero attached hydrogens (tertiary/aromatic N) is 1. The maximum Gasteiger partial charge on any atom is 0.274 e. The zero-order chi connectivity index (χ0) is 22.1. The summed E-state index contributed by atoms with van der Waals surface area (Å²) in [7, 11) is 0. The number of H-pyrrole nitrogens is 2. The predicted octanol–water partition coefficient (Wildman–Crippen LogP) is 4.68. The quantitative estimate of drug-likeness (QED) is 0.373. The fourth-order valence-corrected chi connectivity index (χ4v) is 4.83. The van der Waals surface area contributed by atoms with Gasteiger partial charge in [-0.2, -0.15) is 0 Å². The molecule has 0 radical (unpaired) electrons. The van der Waals surface area contributed by atoms with E-state index in [-0.39, 0.29) is 33.7 Å². The van der Waals surface area contributed by atoms with E-state index < -0.39 is 28.4 Å². The minimum atomic E-state index is -1.07. The lowest BCUT2D eigenvalue weighted by molar-refractivity contribution is 0.464. The minimum absolute atomic E-state index is 0.0379. The van der Waals surface area contributed by atoms with Crippen LogP contribution in [0.1, 0.15) is 31.7 Å². The van der Waals surface area contributed by atoms with Crippen LogP contribution in [-0.4, -0.2) is 19.9 Å². The third kappa shape index (κ3) is 2.50. The van der Waals surface area contributed by atoms with Gasteiger partial charge in [0.15, 0.2) is 22.8 Å². The third-order valence-corrected chi connectivity index (χ3v) is 6.34. The zero-order valence-corrected chi connectivity index (χ0v) is 16.7. The molecule has 2 aromatic carbocycles. The van der Waals surface area contributed by atoms with Crippen LogP contribution in [-0.2, 0) is 0 Å². The highest BCUT2D eigenvalue weighted by molar-refractivity contribution is 6.15. The molecule has 162 valence electrons. The molecule has 9 heteroatoms. The number of furan rings is 1. The number of hydrogen-bond acceptors (Lipinski definition) is 4. The van der Waals surface area contributed by atoms with Crippen LogP contribution in [0.3, 0.4) is 0 Å². The highest BCUT2D eigenvalue weighted by atomic mass is 19.2. The molecule has 5 aromatic rings. The van der Waals surface area contributed by atoms with E-state index in [0.29, 0.717) is 16.6 Å². The maximum atomic E-state index is 14.2. The molecule has 3 N–H and O–H groups in total. The van der Waals surface area contributed by atoms with Crippen LogP contribution >= 0.6 is 0 Å². The van der Waals surface area contributed by atoms with Gasteiger partial charge in [0.25, 0.3) is 5.56 Å². The highest BCUT2D eigenvalue weighted by Gasteiger charge is 2.27. The van der Waals surface area contributed by atoms with Crippen molar-refractivity contribution in [3.05, 3.63) is 62.5 Å². The van der Waals surface area contributed by atoms with Gasteiger partial charge in [0.2, 0.25) is 11.2 Å². The Labute approximate surface area is 177 Å². The van der Waals surface area contributed by atoms with E-state index in [4.69, 9.17) is 4.42 Å². The van der Waals surface area contributed by atoms with Gasteiger partial charge in [0.05, 0.1) is 16.9 Å². The molecule has 3 heterocycles. The lowest BCUT2D eigenvalue weighted by Gasteiger charge is -2.13. The molecule has 0 bridgehead atoms. The summed E-state index contributed by atoms with van der Waals surface area (Å²) in [5.41, 5.74) is 0.536. The summed E-state index contributed by atoms with van der Waals surface area (Å²) in [5, 5.41) is 13.8. The Kier molecular flexibility index (Phi) is 3.86. The molecule has 3 aromatic heterocycles. The monoisotopic (exact) mass is 437 g/mol. The van der Waals surface area contributed by atoms with Crippen molar-refractivity contribution in [2.24, 2.45) is 0 Å². The van der Waals surface area contributed by atoms with E-state index in [2.05, 4.69) is 10.1 Å². The van der Waals surface area contributed by atoms with Crippen molar-refractivity contribution in [1.29, 1.82) is 0 Å². The number of fused-ring (bicyclic) bond motifs is 4. The molecule has 32 heavy (non-hydrogen) atoms. The number of benzene rings is 2. The summed E-state index contributed by atoms with van der Waals surface area (Å²) in [4.78, 5) is 28.3. The number of rotatable bonds is 2. The van der Waals surface area contributed by atoms with Crippen LogP contribution in [0.25, 0.3) is 44.2 Å². The molecule has 1 saturated carbocycles. The number of phenolic OH excluding ortho intramolecular Hbond substituents is 1. The topological polar surface area (TPSA) is 104 Å². The normalized spacial score (nSPS) is 14.9. The Morgan fingerprint density at radius 1 is 1.03 bits per heavy atom. The third-order valence-electron chi connectivity index (χ3n) is 6.34. The lowest BCUT2D eigenvalue weighted by Crippen LogP contribution is -2.10. The van der Waals surface area contributed by atoms with E-state index in [1.54, 1.807) is 4.68 Å². The summed E-state index contributed by atoms with van der Waals surface area (Å²) in [5.74, 6) is -2.64. The molecule has 0 atom stereocenters. The Balaban J connectivity index is 1.82. The number of nitrogens with one attached hydrogen (secondary N) is 2. The van der Waals surface area contributed by atoms with E-state index in [1.165, 1.54) is 18.2 Å². The van der Waals surface area contributed by atoms with Crippen LogP contribution in [0, 0.1) is 11.6 Å². The Bertz CT molecular complexity index is 1670.